The fourth-order valence-corrected chi connectivity index (χ4v) is 2.10. The van der Waals surface area contributed by atoms with Gasteiger partial charge < -0.3 is 14.8 Å². The summed E-state index contributed by atoms with van der Waals surface area (Å²) in [6.07, 6.45) is 1.09. The summed E-state index contributed by atoms with van der Waals surface area (Å²) < 4.78 is 10.5. The van der Waals surface area contributed by atoms with E-state index in [4.69, 9.17) is 9.47 Å². The van der Waals surface area contributed by atoms with Crippen molar-refractivity contribution in [1.82, 2.24) is 5.32 Å². The van der Waals surface area contributed by atoms with Crippen LogP contribution in [0.5, 0.6) is 5.75 Å². The van der Waals surface area contributed by atoms with Crippen LogP contribution in [0.2, 0.25) is 0 Å². The third-order valence-corrected chi connectivity index (χ3v) is 3.21. The molecule has 1 aromatic rings. The Balaban J connectivity index is 2.21. The molecule has 1 N–H and O–H groups in total. The maximum absolute atomic E-state index is 9.24. The molecule has 0 saturated carbocycles. The van der Waals surface area contributed by atoms with Gasteiger partial charge in [0.2, 0.25) is 0 Å². The molecular formula is C16H16N4O2. The van der Waals surface area contributed by atoms with E-state index in [1.54, 1.807) is 13.3 Å². The lowest BCUT2D eigenvalue weighted by molar-refractivity contribution is 0.0375. The van der Waals surface area contributed by atoms with Gasteiger partial charge in [-0.1, -0.05) is 0 Å². The van der Waals surface area contributed by atoms with Gasteiger partial charge in [-0.3, -0.25) is 0 Å². The van der Waals surface area contributed by atoms with Crippen LogP contribution in [0.1, 0.15) is 12.5 Å². The SMILES string of the molecule is CCOC1NC(N=Cc2ccc(OC)cc2)=C(C#N)C1C#N. The molecule has 1 aliphatic heterocycles. The van der Waals surface area contributed by atoms with Crippen LogP contribution in [0.25, 0.3) is 0 Å². The lowest BCUT2D eigenvalue weighted by Crippen LogP contribution is -2.31. The van der Waals surface area contributed by atoms with Crippen LogP contribution in [-0.2, 0) is 4.74 Å². The zero-order valence-electron chi connectivity index (χ0n) is 12.4. The molecule has 0 amide bonds. The lowest BCUT2D eigenvalue weighted by atomic mass is 10.0. The van der Waals surface area contributed by atoms with Gasteiger partial charge in [-0.25, -0.2) is 4.99 Å². The van der Waals surface area contributed by atoms with E-state index in [0.717, 1.165) is 11.3 Å². The molecule has 22 heavy (non-hydrogen) atoms. The first-order valence-electron chi connectivity index (χ1n) is 6.83. The minimum atomic E-state index is -0.645. The number of benzene rings is 1. The van der Waals surface area contributed by atoms with E-state index >= 15 is 0 Å². The maximum atomic E-state index is 9.24. The fraction of sp³-hybridized carbons (Fsp3) is 0.312. The Morgan fingerprint density at radius 3 is 2.59 bits per heavy atom. The smallest absolute Gasteiger partial charge is 0.149 e. The van der Waals surface area contributed by atoms with Crippen molar-refractivity contribution in [3.05, 3.63) is 41.2 Å². The molecule has 1 aromatic carbocycles. The third-order valence-electron chi connectivity index (χ3n) is 3.21. The Kier molecular flexibility index (Phi) is 5.13. The van der Waals surface area contributed by atoms with Crippen LogP contribution in [0, 0.1) is 28.6 Å². The van der Waals surface area contributed by atoms with Gasteiger partial charge in [0.25, 0.3) is 0 Å². The van der Waals surface area contributed by atoms with E-state index in [9.17, 15) is 10.5 Å². The number of ether oxygens (including phenoxy) is 2. The van der Waals surface area contributed by atoms with E-state index in [2.05, 4.69) is 16.4 Å². The van der Waals surface area contributed by atoms with E-state index in [1.165, 1.54) is 0 Å². The topological polar surface area (TPSA) is 90.4 Å². The highest BCUT2D eigenvalue weighted by Crippen LogP contribution is 2.26. The summed E-state index contributed by atoms with van der Waals surface area (Å²) in [5.74, 6) is 0.491. The second-order valence-electron chi connectivity index (χ2n) is 4.53. The van der Waals surface area contributed by atoms with Gasteiger partial charge in [0.1, 0.15) is 29.8 Å². The summed E-state index contributed by atoms with van der Waals surface area (Å²) in [4.78, 5) is 4.28. The summed E-state index contributed by atoms with van der Waals surface area (Å²) in [6.45, 7) is 2.28. The largest absolute Gasteiger partial charge is 0.497 e. The minimum Gasteiger partial charge on any atom is -0.497 e. The molecule has 2 rings (SSSR count). The third kappa shape index (κ3) is 3.25. The van der Waals surface area contributed by atoms with Crippen LogP contribution in [0.4, 0.5) is 0 Å². The molecule has 1 heterocycles. The highest BCUT2D eigenvalue weighted by Gasteiger charge is 2.35. The van der Waals surface area contributed by atoms with Gasteiger partial charge in [-0.05, 0) is 36.8 Å². The quantitative estimate of drug-likeness (QED) is 0.839. The van der Waals surface area contributed by atoms with Gasteiger partial charge in [-0.2, -0.15) is 10.5 Å². The van der Waals surface area contributed by atoms with Gasteiger partial charge in [-0.15, -0.1) is 0 Å². The summed E-state index contributed by atoms with van der Waals surface area (Å²) >= 11 is 0. The number of hydrogen-bond acceptors (Lipinski definition) is 6. The van der Waals surface area contributed by atoms with Crippen molar-refractivity contribution >= 4 is 6.21 Å². The molecule has 2 unspecified atom stereocenters. The Hall–Kier alpha value is -2.83. The molecule has 2 atom stereocenters. The van der Waals surface area contributed by atoms with Crippen LogP contribution in [0.3, 0.4) is 0 Å². The standard InChI is InChI=1S/C16H16N4O2/c1-3-22-16-14(9-18)13(8-17)15(20-16)19-10-11-4-6-12(21-2)7-5-11/h4-7,10,14,16,20H,3H2,1-2H3. The first kappa shape index (κ1) is 15.6. The molecule has 112 valence electrons. The van der Waals surface area contributed by atoms with Crippen molar-refractivity contribution in [2.24, 2.45) is 10.9 Å². The number of nitrogens with zero attached hydrogens (tertiary/aromatic N) is 3. The number of hydrogen-bond donors (Lipinski definition) is 1. The molecule has 0 aliphatic carbocycles. The average molecular weight is 296 g/mol. The molecule has 0 spiro atoms. The Morgan fingerprint density at radius 2 is 2.05 bits per heavy atom. The van der Waals surface area contributed by atoms with Crippen LogP contribution < -0.4 is 10.1 Å². The molecule has 0 bridgehead atoms. The van der Waals surface area contributed by atoms with Crippen LogP contribution in [0.15, 0.2) is 40.7 Å². The number of rotatable bonds is 5. The van der Waals surface area contributed by atoms with E-state index < -0.39 is 12.1 Å². The molecule has 0 radical (unpaired) electrons. The van der Waals surface area contributed by atoms with Crippen molar-refractivity contribution in [3.8, 4) is 17.9 Å². The average Bonchev–Trinajstić information content (AvgIpc) is 2.90. The van der Waals surface area contributed by atoms with E-state index in [1.807, 2.05) is 37.3 Å². The molecule has 6 heteroatoms. The minimum absolute atomic E-state index is 0.297. The number of nitrogens with one attached hydrogen (secondary N) is 1. The van der Waals surface area contributed by atoms with Gasteiger partial charge in [0, 0.05) is 12.8 Å². The van der Waals surface area contributed by atoms with Crippen molar-refractivity contribution in [2.75, 3.05) is 13.7 Å². The lowest BCUT2D eigenvalue weighted by Gasteiger charge is -2.14. The number of nitriles is 2. The van der Waals surface area contributed by atoms with Crippen LogP contribution >= 0.6 is 0 Å². The normalized spacial score (nSPS) is 20.5. The van der Waals surface area contributed by atoms with Crippen molar-refractivity contribution in [2.45, 2.75) is 13.2 Å². The van der Waals surface area contributed by atoms with Gasteiger partial charge in [0.05, 0.1) is 18.8 Å². The fourth-order valence-electron chi connectivity index (χ4n) is 2.10. The highest BCUT2D eigenvalue weighted by atomic mass is 16.5. The molecule has 6 nitrogen and oxygen atoms in total. The van der Waals surface area contributed by atoms with Gasteiger partial charge >= 0.3 is 0 Å². The Morgan fingerprint density at radius 1 is 1.32 bits per heavy atom. The zero-order valence-corrected chi connectivity index (χ0v) is 12.4. The predicted octanol–water partition coefficient (Wildman–Crippen LogP) is 1.95. The Labute approximate surface area is 129 Å². The van der Waals surface area contributed by atoms with Crippen molar-refractivity contribution < 1.29 is 9.47 Å². The molecule has 0 saturated heterocycles. The van der Waals surface area contributed by atoms with Crippen LogP contribution in [-0.4, -0.2) is 26.2 Å². The Bertz CT molecular complexity index is 665. The van der Waals surface area contributed by atoms with E-state index in [-0.39, 0.29) is 0 Å². The first-order valence-corrected chi connectivity index (χ1v) is 6.83. The van der Waals surface area contributed by atoms with Crippen molar-refractivity contribution in [3.63, 3.8) is 0 Å². The second-order valence-corrected chi connectivity index (χ2v) is 4.53. The predicted molar refractivity (Wildman–Crippen MR) is 80.9 cm³/mol. The first-order chi connectivity index (χ1) is 10.7. The number of methoxy groups -OCH3 is 1. The number of aliphatic imine (C=N–C) groups is 1. The summed E-state index contributed by atoms with van der Waals surface area (Å²) in [5, 5.41) is 21.4. The summed E-state index contributed by atoms with van der Waals surface area (Å²) in [5.41, 5.74) is 1.16. The highest BCUT2D eigenvalue weighted by molar-refractivity contribution is 5.80. The molecule has 0 aromatic heterocycles. The maximum Gasteiger partial charge on any atom is 0.149 e. The summed E-state index contributed by atoms with van der Waals surface area (Å²) in [6, 6.07) is 11.5. The zero-order chi connectivity index (χ0) is 15.9. The monoisotopic (exact) mass is 296 g/mol. The molecular weight excluding hydrogens is 280 g/mol. The molecule has 0 fully saturated rings. The summed E-state index contributed by atoms with van der Waals surface area (Å²) in [7, 11) is 1.60. The molecule has 1 aliphatic rings. The van der Waals surface area contributed by atoms with E-state index in [0.29, 0.717) is 18.0 Å². The van der Waals surface area contributed by atoms with Crippen molar-refractivity contribution in [1.29, 1.82) is 10.5 Å². The van der Waals surface area contributed by atoms with Gasteiger partial charge in [0.15, 0.2) is 0 Å². The second kappa shape index (κ2) is 7.26.